The number of aliphatic hydroxyl groups excluding tert-OH is 2. The van der Waals surface area contributed by atoms with Crippen molar-refractivity contribution in [3.8, 4) is 0 Å². The summed E-state index contributed by atoms with van der Waals surface area (Å²) in [7, 11) is 0. The Morgan fingerprint density at radius 2 is 0.844 bits per heavy atom. The normalized spacial score (nSPS) is 19.0. The van der Waals surface area contributed by atoms with Crippen molar-refractivity contribution in [2.24, 2.45) is 0 Å². The van der Waals surface area contributed by atoms with Crippen LogP contribution < -0.4 is 0 Å². The predicted octanol–water partition coefficient (Wildman–Crippen LogP) is 15.0. The van der Waals surface area contributed by atoms with Crippen LogP contribution in [0.1, 0.15) is 201 Å². The number of carbonyl (C=O) groups excluding carboxylic acids is 3. The van der Waals surface area contributed by atoms with Gasteiger partial charge in [0.2, 0.25) is 0 Å². The zero-order valence-corrected chi connectivity index (χ0v) is 47.4. The quantitative estimate of drug-likeness (QED) is 0.0228. The average molecular weight is 1070 g/mol. The summed E-state index contributed by atoms with van der Waals surface area (Å²) in [6.07, 6.45) is 60.1. The van der Waals surface area contributed by atoms with Gasteiger partial charge in [-0.25, -0.2) is 4.79 Å². The fourth-order valence-electron chi connectivity index (χ4n) is 7.78. The van der Waals surface area contributed by atoms with Gasteiger partial charge >= 0.3 is 23.9 Å². The Bertz CT molecular complexity index is 1850. The van der Waals surface area contributed by atoms with Crippen LogP contribution in [0.5, 0.6) is 0 Å². The van der Waals surface area contributed by atoms with Crippen molar-refractivity contribution >= 4 is 23.9 Å². The highest BCUT2D eigenvalue weighted by atomic mass is 16.7. The van der Waals surface area contributed by atoms with Crippen LogP contribution in [-0.2, 0) is 42.9 Å². The maximum Gasteiger partial charge on any atom is 0.335 e. The molecule has 1 aliphatic heterocycles. The van der Waals surface area contributed by atoms with Crippen LogP contribution in [0, 0.1) is 0 Å². The molecule has 0 aromatic heterocycles. The van der Waals surface area contributed by atoms with Crippen LogP contribution in [0.2, 0.25) is 0 Å². The molecule has 77 heavy (non-hydrogen) atoms. The van der Waals surface area contributed by atoms with Crippen LogP contribution in [0.4, 0.5) is 0 Å². The molecule has 0 aliphatic carbocycles. The molecule has 6 unspecified atom stereocenters. The lowest BCUT2D eigenvalue weighted by Gasteiger charge is -2.40. The molecule has 1 heterocycles. The minimum absolute atomic E-state index is 0.0753. The van der Waals surface area contributed by atoms with Gasteiger partial charge in [-0.2, -0.15) is 0 Å². The second-order valence-electron chi connectivity index (χ2n) is 19.2. The van der Waals surface area contributed by atoms with Crippen molar-refractivity contribution in [3.63, 3.8) is 0 Å². The summed E-state index contributed by atoms with van der Waals surface area (Å²) in [5.41, 5.74) is 0. The van der Waals surface area contributed by atoms with E-state index in [1.165, 1.54) is 12.8 Å². The maximum absolute atomic E-state index is 13.1. The largest absolute Gasteiger partial charge is 0.479 e. The van der Waals surface area contributed by atoms with Gasteiger partial charge in [0.15, 0.2) is 24.6 Å². The summed E-state index contributed by atoms with van der Waals surface area (Å²) in [5, 5.41) is 31.4. The summed E-state index contributed by atoms with van der Waals surface area (Å²) in [6.45, 7) is 5.64. The molecule has 1 saturated heterocycles. The molecule has 0 spiro atoms. The molecule has 12 nitrogen and oxygen atoms in total. The van der Waals surface area contributed by atoms with Gasteiger partial charge in [-0.15, -0.1) is 0 Å². The number of carbonyl (C=O) groups is 4. The van der Waals surface area contributed by atoms with Crippen LogP contribution in [-0.4, -0.2) is 89.2 Å². The van der Waals surface area contributed by atoms with E-state index in [4.69, 9.17) is 23.7 Å². The third-order valence-corrected chi connectivity index (χ3v) is 12.2. The molecule has 432 valence electrons. The van der Waals surface area contributed by atoms with Gasteiger partial charge in [-0.05, 0) is 116 Å². The number of unbranched alkanes of at least 4 members (excludes halogenated alkanes) is 11. The van der Waals surface area contributed by atoms with Gasteiger partial charge in [-0.3, -0.25) is 14.4 Å². The molecule has 0 saturated carbocycles. The van der Waals surface area contributed by atoms with Gasteiger partial charge in [0.25, 0.3) is 0 Å². The molecule has 0 bridgehead atoms. The number of allylic oxidation sites excluding steroid dienone is 22. The van der Waals surface area contributed by atoms with Gasteiger partial charge in [0.1, 0.15) is 18.8 Å². The standard InChI is InChI=1S/C65H100O12/c1-4-7-10-13-16-19-22-24-26-28-29-31-33-35-38-41-44-47-50-53-59(68)76-63-61(70)60(69)62(64(71)72)77-65(63)74-55-56(75-58(67)52-49-46-43-40-36-21-18-15-12-9-6-3)54-73-57(66)51-48-45-42-39-37-34-32-30-27-25-23-20-17-14-11-8-5-2/h7-8,10-11,15-20,24-27,29,31-32,34-35,38,44,47,56,60-63,65,69-70H,4-6,9,12-14,21-23,28,30,33,36-37,39-43,45-46,48-55H2,1-3H3,(H,71,72)/b10-7-,11-8-,18-15-,19-16-,20-17-,26-24-,27-25-,31-29-,34-32-,38-35-,47-44-. The van der Waals surface area contributed by atoms with Crippen molar-refractivity contribution in [2.75, 3.05) is 13.2 Å². The van der Waals surface area contributed by atoms with E-state index in [0.29, 0.717) is 25.7 Å². The Labute approximate surface area is 464 Å². The molecule has 0 aromatic carbocycles. The van der Waals surface area contributed by atoms with E-state index in [9.17, 15) is 34.5 Å². The van der Waals surface area contributed by atoms with Crippen LogP contribution in [0.25, 0.3) is 0 Å². The number of carboxylic acids is 1. The lowest BCUT2D eigenvalue weighted by molar-refractivity contribution is -0.301. The van der Waals surface area contributed by atoms with E-state index in [0.717, 1.165) is 122 Å². The first-order valence-corrected chi connectivity index (χ1v) is 29.2. The zero-order valence-electron chi connectivity index (χ0n) is 47.4. The number of ether oxygens (including phenoxy) is 5. The fourth-order valence-corrected chi connectivity index (χ4v) is 7.78. The number of hydrogen-bond donors (Lipinski definition) is 3. The smallest absolute Gasteiger partial charge is 0.335 e. The van der Waals surface area contributed by atoms with Crippen LogP contribution in [0.15, 0.2) is 134 Å². The molecule has 1 aliphatic rings. The van der Waals surface area contributed by atoms with E-state index in [-0.39, 0.29) is 25.9 Å². The molecule has 1 rings (SSSR count). The summed E-state index contributed by atoms with van der Waals surface area (Å²) >= 11 is 0. The zero-order chi connectivity index (χ0) is 56.1. The minimum atomic E-state index is -1.94. The van der Waals surface area contributed by atoms with Crippen molar-refractivity contribution < 1.29 is 58.2 Å². The highest BCUT2D eigenvalue weighted by Crippen LogP contribution is 2.26. The highest BCUT2D eigenvalue weighted by molar-refractivity contribution is 5.74. The number of aliphatic carboxylic acids is 1. The van der Waals surface area contributed by atoms with Gasteiger partial charge in [0.05, 0.1) is 6.61 Å². The van der Waals surface area contributed by atoms with Gasteiger partial charge in [0, 0.05) is 19.3 Å². The molecular formula is C65H100O12. The van der Waals surface area contributed by atoms with Crippen molar-refractivity contribution in [1.29, 1.82) is 0 Å². The van der Waals surface area contributed by atoms with E-state index >= 15 is 0 Å². The first kappa shape index (κ1) is 69.9. The Morgan fingerprint density at radius 1 is 0.442 bits per heavy atom. The molecule has 0 radical (unpaired) electrons. The summed E-state index contributed by atoms with van der Waals surface area (Å²) < 4.78 is 28.3. The lowest BCUT2D eigenvalue weighted by atomic mass is 9.98. The number of rotatable bonds is 47. The Hall–Kier alpha value is -5.14. The Balaban J connectivity index is 2.75. The predicted molar refractivity (Wildman–Crippen MR) is 312 cm³/mol. The van der Waals surface area contributed by atoms with E-state index in [1.54, 1.807) is 0 Å². The third kappa shape index (κ3) is 41.6. The van der Waals surface area contributed by atoms with Crippen LogP contribution >= 0.6 is 0 Å². The molecule has 3 N–H and O–H groups in total. The monoisotopic (exact) mass is 1070 g/mol. The topological polar surface area (TPSA) is 175 Å². The first-order chi connectivity index (χ1) is 37.6. The summed E-state index contributed by atoms with van der Waals surface area (Å²) in [4.78, 5) is 51.0. The summed E-state index contributed by atoms with van der Waals surface area (Å²) in [5.74, 6) is -3.30. The SMILES string of the molecule is CC/C=C\C/C=C\C/C=C\C/C=C\C/C=C\C/C=C\CCC(=O)OC1C(OCC(COC(=O)CCCCCC/C=C\C/C=C\C/C=C\C/C=C\CC)OC(=O)CCCCCCC/C=C\CCCC)OC(C(=O)O)C(O)C1O. The van der Waals surface area contributed by atoms with E-state index < -0.39 is 67.3 Å². The van der Waals surface area contributed by atoms with Crippen LogP contribution in [0.3, 0.4) is 0 Å². The fraction of sp³-hybridized carbons (Fsp3) is 0.600. The van der Waals surface area contributed by atoms with Crippen molar-refractivity contribution in [2.45, 2.75) is 237 Å². The molecule has 0 aromatic rings. The van der Waals surface area contributed by atoms with Crippen molar-refractivity contribution in [3.05, 3.63) is 134 Å². The molecule has 6 atom stereocenters. The van der Waals surface area contributed by atoms with Crippen molar-refractivity contribution in [1.82, 2.24) is 0 Å². The van der Waals surface area contributed by atoms with E-state index in [1.807, 2.05) is 18.2 Å². The Morgan fingerprint density at radius 3 is 1.31 bits per heavy atom. The maximum atomic E-state index is 13.1. The van der Waals surface area contributed by atoms with Gasteiger partial charge in [-0.1, -0.05) is 199 Å². The molecular weight excluding hydrogens is 973 g/mol. The molecule has 1 fully saturated rings. The van der Waals surface area contributed by atoms with E-state index in [2.05, 4.69) is 136 Å². The van der Waals surface area contributed by atoms with Gasteiger partial charge < -0.3 is 39.0 Å². The average Bonchev–Trinajstić information content (AvgIpc) is 3.42. The minimum Gasteiger partial charge on any atom is -0.479 e. The second kappa shape index (κ2) is 51.6. The second-order valence-corrected chi connectivity index (χ2v) is 19.2. The number of carboxylic acid groups (broad SMARTS) is 1. The highest BCUT2D eigenvalue weighted by Gasteiger charge is 2.50. The first-order valence-electron chi connectivity index (χ1n) is 29.2. The number of aliphatic hydroxyl groups is 2. The number of hydrogen-bond acceptors (Lipinski definition) is 11. The molecule has 12 heteroatoms. The summed E-state index contributed by atoms with van der Waals surface area (Å²) in [6, 6.07) is 0. The third-order valence-electron chi connectivity index (χ3n) is 12.2. The lowest BCUT2D eigenvalue weighted by Crippen LogP contribution is -2.61. The Kier molecular flexibility index (Phi) is 46.8. The number of esters is 3. The molecule has 0 amide bonds.